The van der Waals surface area contributed by atoms with Crippen molar-refractivity contribution in [3.05, 3.63) is 267 Å². The first-order chi connectivity index (χ1) is 38.1. The summed E-state index contributed by atoms with van der Waals surface area (Å²) in [5.41, 5.74) is 11.4. The molecule has 0 amide bonds. The van der Waals surface area contributed by atoms with Gasteiger partial charge in [-0.1, -0.05) is 206 Å². The molecule has 0 saturated heterocycles. The minimum Gasteiger partial charge on any atom is -0.456 e. The molecule has 77 heavy (non-hydrogen) atoms. The van der Waals surface area contributed by atoms with Gasteiger partial charge in [0.2, 0.25) is 0 Å². The van der Waals surface area contributed by atoms with Crippen LogP contribution in [0.2, 0.25) is 0 Å². The average Bonchev–Trinajstić information content (AvgIpc) is 3.93. The summed E-state index contributed by atoms with van der Waals surface area (Å²) in [6.07, 6.45) is 0. The van der Waals surface area contributed by atoms with Crippen molar-refractivity contribution in [1.29, 1.82) is 0 Å². The van der Waals surface area contributed by atoms with Crippen LogP contribution in [0.3, 0.4) is 0 Å². The summed E-state index contributed by atoms with van der Waals surface area (Å²) in [6, 6.07) is 99.5. The zero-order chi connectivity index (χ0) is 50.3. The van der Waals surface area contributed by atoms with Gasteiger partial charge in [-0.3, -0.25) is 0 Å². The molecule has 1 aromatic heterocycles. The van der Waals surface area contributed by atoms with E-state index >= 15 is 0 Å². The van der Waals surface area contributed by atoms with Crippen molar-refractivity contribution < 1.29 is 4.42 Å². The molecule has 1 heterocycles. The molecule has 16 aromatic carbocycles. The van der Waals surface area contributed by atoms with Crippen LogP contribution < -0.4 is 0 Å². The van der Waals surface area contributed by atoms with Crippen LogP contribution in [-0.2, 0) is 0 Å². The number of fused-ring (bicyclic) bond motifs is 19. The van der Waals surface area contributed by atoms with E-state index in [0.717, 1.165) is 33.1 Å². The summed E-state index contributed by atoms with van der Waals surface area (Å²) in [6.45, 7) is 0. The van der Waals surface area contributed by atoms with Crippen molar-refractivity contribution in [2.45, 2.75) is 0 Å². The first-order valence-corrected chi connectivity index (χ1v) is 26.7. The second-order valence-electron chi connectivity index (χ2n) is 21.1. The maximum absolute atomic E-state index is 6.55. The van der Waals surface area contributed by atoms with Gasteiger partial charge in [0, 0.05) is 10.8 Å². The van der Waals surface area contributed by atoms with Crippen molar-refractivity contribution in [2.24, 2.45) is 0 Å². The molecule has 17 rings (SSSR count). The van der Waals surface area contributed by atoms with E-state index < -0.39 is 0 Å². The quantitative estimate of drug-likeness (QED) is 0.160. The first kappa shape index (κ1) is 42.3. The smallest absolute Gasteiger partial charge is 0.135 e. The molecule has 0 fully saturated rings. The van der Waals surface area contributed by atoms with Gasteiger partial charge in [0.25, 0.3) is 0 Å². The predicted octanol–water partition coefficient (Wildman–Crippen LogP) is 21.8. The molecule has 0 bridgehead atoms. The highest BCUT2D eigenvalue weighted by atomic mass is 16.3. The standard InChI is InChI=1S/C76H44O/c1-5-13-59-47(9-1)25-31-63-65-33-27-49-11-3-7-15-61(49)75(65)67(43-69(59)63)55-23-19-45-17-21-51(37-57(45)39-55)53-29-35-73-71(41-53)72-42-54(30-36-74(72)77-73)52-22-18-46-20-24-56(40-58(46)38-52)68-44-70-60-14-6-2-10-48(60)26-32-64(70)66-34-28-50-12-4-8-16-62(50)76(66)68/h1-44H. The van der Waals surface area contributed by atoms with Crippen LogP contribution in [0, 0.1) is 0 Å². The lowest BCUT2D eigenvalue weighted by Crippen LogP contribution is -1.88. The van der Waals surface area contributed by atoms with Gasteiger partial charge in [-0.2, -0.15) is 0 Å². The Kier molecular flexibility index (Phi) is 8.90. The molecule has 17 aromatic rings. The van der Waals surface area contributed by atoms with E-state index in [1.54, 1.807) is 0 Å². The SMILES string of the molecule is c1ccc2c(c1)ccc1c2cc(-c2ccc3ccc(-c4ccc5oc6ccc(-c7ccc8ccc(-c9cc%10c%11ccccc%11ccc%10c%10ccc%11ccccc%11c9%10)cc8c7)cc6c5c4)cc3c2)c2c3ccccc3ccc12. The zero-order valence-corrected chi connectivity index (χ0v) is 41.8. The molecule has 0 atom stereocenters. The van der Waals surface area contributed by atoms with Gasteiger partial charge in [0.05, 0.1) is 0 Å². The Bertz CT molecular complexity index is 5070. The van der Waals surface area contributed by atoms with Crippen LogP contribution in [0.25, 0.3) is 174 Å². The van der Waals surface area contributed by atoms with Crippen molar-refractivity contribution in [2.75, 3.05) is 0 Å². The lowest BCUT2D eigenvalue weighted by atomic mass is 9.87. The summed E-state index contributed by atoms with van der Waals surface area (Å²) in [5, 5.41) is 27.5. The summed E-state index contributed by atoms with van der Waals surface area (Å²) < 4.78 is 6.55. The first-order valence-electron chi connectivity index (χ1n) is 26.7. The van der Waals surface area contributed by atoms with Gasteiger partial charge in [-0.25, -0.2) is 0 Å². The van der Waals surface area contributed by atoms with Crippen LogP contribution in [0.4, 0.5) is 0 Å². The maximum atomic E-state index is 6.55. The highest BCUT2D eigenvalue weighted by Crippen LogP contribution is 2.45. The minimum atomic E-state index is 0.887. The monoisotopic (exact) mass is 972 g/mol. The third-order valence-corrected chi connectivity index (χ3v) is 16.9. The number of hydrogen-bond donors (Lipinski definition) is 0. The number of hydrogen-bond acceptors (Lipinski definition) is 1. The lowest BCUT2D eigenvalue weighted by Gasteiger charge is -2.16. The summed E-state index contributed by atoms with van der Waals surface area (Å²) >= 11 is 0. The zero-order valence-electron chi connectivity index (χ0n) is 41.8. The fourth-order valence-electron chi connectivity index (χ4n) is 13.2. The Morgan fingerprint density at radius 2 is 0.494 bits per heavy atom. The number of benzene rings is 16. The number of furan rings is 1. The normalized spacial score (nSPS) is 12.2. The molecule has 354 valence electrons. The predicted molar refractivity (Wildman–Crippen MR) is 331 cm³/mol. The van der Waals surface area contributed by atoms with Crippen LogP contribution in [0.15, 0.2) is 271 Å². The highest BCUT2D eigenvalue weighted by molar-refractivity contribution is 6.28. The summed E-state index contributed by atoms with van der Waals surface area (Å²) in [5.74, 6) is 0. The van der Waals surface area contributed by atoms with Crippen molar-refractivity contribution in [3.8, 4) is 44.5 Å². The molecular formula is C76H44O. The van der Waals surface area contributed by atoms with Gasteiger partial charge >= 0.3 is 0 Å². The molecule has 0 radical (unpaired) electrons. The fraction of sp³-hybridized carbons (Fsp3) is 0. The van der Waals surface area contributed by atoms with Gasteiger partial charge in [-0.15, -0.1) is 0 Å². The van der Waals surface area contributed by atoms with Gasteiger partial charge in [0.1, 0.15) is 11.2 Å². The second-order valence-corrected chi connectivity index (χ2v) is 21.1. The molecule has 1 heteroatoms. The van der Waals surface area contributed by atoms with Gasteiger partial charge in [-0.05, 0) is 213 Å². The average molecular weight is 973 g/mol. The van der Waals surface area contributed by atoms with Crippen LogP contribution in [0.1, 0.15) is 0 Å². The largest absolute Gasteiger partial charge is 0.456 e. The van der Waals surface area contributed by atoms with Crippen molar-refractivity contribution >= 4 is 130 Å². The molecule has 0 unspecified atom stereocenters. The minimum absolute atomic E-state index is 0.887. The van der Waals surface area contributed by atoms with Crippen LogP contribution >= 0.6 is 0 Å². The maximum Gasteiger partial charge on any atom is 0.135 e. The summed E-state index contributed by atoms with van der Waals surface area (Å²) in [7, 11) is 0. The molecular weight excluding hydrogens is 929 g/mol. The van der Waals surface area contributed by atoms with Gasteiger partial charge < -0.3 is 4.42 Å². The van der Waals surface area contributed by atoms with E-state index in [0.29, 0.717) is 0 Å². The molecule has 0 aliphatic carbocycles. The van der Waals surface area contributed by atoms with E-state index in [-0.39, 0.29) is 0 Å². The van der Waals surface area contributed by atoms with Gasteiger partial charge in [0.15, 0.2) is 0 Å². The van der Waals surface area contributed by atoms with E-state index in [4.69, 9.17) is 4.42 Å². The molecule has 0 saturated carbocycles. The molecule has 0 aliphatic rings. The fourth-order valence-corrected chi connectivity index (χ4v) is 13.2. The molecule has 0 N–H and O–H groups in total. The second kappa shape index (κ2) is 16.2. The van der Waals surface area contributed by atoms with E-state index in [2.05, 4.69) is 267 Å². The topological polar surface area (TPSA) is 13.1 Å². The Labute approximate surface area is 443 Å². The Balaban J connectivity index is 0.772. The van der Waals surface area contributed by atoms with E-state index in [1.807, 2.05) is 0 Å². The lowest BCUT2D eigenvalue weighted by molar-refractivity contribution is 0.669. The Hall–Kier alpha value is -10.1. The van der Waals surface area contributed by atoms with Crippen LogP contribution in [-0.4, -0.2) is 0 Å². The Morgan fingerprint density at radius 3 is 0.935 bits per heavy atom. The van der Waals surface area contributed by atoms with Crippen molar-refractivity contribution in [3.63, 3.8) is 0 Å². The number of rotatable bonds is 4. The van der Waals surface area contributed by atoms with E-state index in [9.17, 15) is 0 Å². The highest BCUT2D eigenvalue weighted by Gasteiger charge is 2.18. The summed E-state index contributed by atoms with van der Waals surface area (Å²) in [4.78, 5) is 0. The molecule has 0 spiro atoms. The Morgan fingerprint density at radius 1 is 0.169 bits per heavy atom. The van der Waals surface area contributed by atoms with Crippen LogP contribution in [0.5, 0.6) is 0 Å². The third-order valence-electron chi connectivity index (χ3n) is 16.9. The molecule has 1 nitrogen and oxygen atoms in total. The van der Waals surface area contributed by atoms with Crippen molar-refractivity contribution in [1.82, 2.24) is 0 Å². The van der Waals surface area contributed by atoms with E-state index in [1.165, 1.54) is 141 Å². The third kappa shape index (κ3) is 6.48. The molecule has 0 aliphatic heterocycles.